The number of ketones is 1. The maximum Gasteiger partial charge on any atom is 0.343 e. The monoisotopic (exact) mass is 296 g/mol. The molecule has 0 atom stereocenters. The van der Waals surface area contributed by atoms with E-state index in [1.165, 1.54) is 6.20 Å². The maximum absolute atomic E-state index is 12.5. The first-order chi connectivity index (χ1) is 10.7. The van der Waals surface area contributed by atoms with Crippen LogP contribution in [0.15, 0.2) is 66.6 Å². The minimum atomic E-state index is -0.659. The van der Waals surface area contributed by atoms with E-state index in [0.29, 0.717) is 11.3 Å². The first-order valence-corrected chi connectivity index (χ1v) is 6.86. The Kier molecular flexibility index (Phi) is 5.43. The second-order valence-electron chi connectivity index (χ2n) is 4.36. The molecule has 0 bridgehead atoms. The zero-order valence-electron chi connectivity index (χ0n) is 12.2. The second kappa shape index (κ2) is 7.73. The number of anilines is 1. The normalized spacial score (nSPS) is 10.9. The third-order valence-corrected chi connectivity index (χ3v) is 2.82. The molecular formula is C17H16N2O3. The second-order valence-corrected chi connectivity index (χ2v) is 4.36. The van der Waals surface area contributed by atoms with Gasteiger partial charge in [0, 0.05) is 18.0 Å². The molecule has 5 nitrogen and oxygen atoms in total. The van der Waals surface area contributed by atoms with Crippen molar-refractivity contribution in [3.8, 4) is 0 Å². The fourth-order valence-electron chi connectivity index (χ4n) is 1.77. The van der Waals surface area contributed by atoms with Gasteiger partial charge in [0.05, 0.1) is 18.5 Å². The summed E-state index contributed by atoms with van der Waals surface area (Å²) in [7, 11) is 0. The topological polar surface area (TPSA) is 68.3 Å². The van der Waals surface area contributed by atoms with Crippen LogP contribution in [-0.2, 0) is 9.53 Å². The van der Waals surface area contributed by atoms with Crippen molar-refractivity contribution in [3.63, 3.8) is 0 Å². The van der Waals surface area contributed by atoms with Crippen LogP contribution >= 0.6 is 0 Å². The molecule has 0 unspecified atom stereocenters. The summed E-state index contributed by atoms with van der Waals surface area (Å²) in [6.07, 6.45) is 4.58. The van der Waals surface area contributed by atoms with Crippen LogP contribution in [0, 0.1) is 0 Å². The number of carbonyl (C=O) groups is 2. The predicted molar refractivity (Wildman–Crippen MR) is 83.3 cm³/mol. The highest BCUT2D eigenvalue weighted by atomic mass is 16.5. The number of esters is 1. The molecule has 0 radical (unpaired) electrons. The average Bonchev–Trinajstić information content (AvgIpc) is 2.57. The molecule has 2 rings (SSSR count). The summed E-state index contributed by atoms with van der Waals surface area (Å²) in [4.78, 5) is 28.4. The number of aromatic nitrogens is 1. The van der Waals surface area contributed by atoms with Crippen LogP contribution in [0.3, 0.4) is 0 Å². The molecular weight excluding hydrogens is 280 g/mol. The molecule has 112 valence electrons. The van der Waals surface area contributed by atoms with Gasteiger partial charge in [0.15, 0.2) is 0 Å². The van der Waals surface area contributed by atoms with Crippen LogP contribution < -0.4 is 5.32 Å². The van der Waals surface area contributed by atoms with Gasteiger partial charge in [-0.15, -0.1) is 0 Å². The average molecular weight is 296 g/mol. The third-order valence-electron chi connectivity index (χ3n) is 2.82. The first-order valence-electron chi connectivity index (χ1n) is 6.86. The number of ether oxygens (including phenoxy) is 1. The standard InChI is InChI=1S/C17H16N2O3/c1-2-22-17(21)15(12-19-14-9-6-10-18-11-14)16(20)13-7-4-3-5-8-13/h3-12,19H,2H2,1H3. The molecule has 2 aromatic rings. The number of hydrogen-bond acceptors (Lipinski definition) is 5. The zero-order valence-corrected chi connectivity index (χ0v) is 12.2. The van der Waals surface area contributed by atoms with Gasteiger partial charge in [-0.3, -0.25) is 9.78 Å². The van der Waals surface area contributed by atoms with E-state index >= 15 is 0 Å². The molecule has 0 aliphatic rings. The lowest BCUT2D eigenvalue weighted by Crippen LogP contribution is -2.17. The number of benzene rings is 1. The molecule has 1 aromatic heterocycles. The van der Waals surface area contributed by atoms with Crippen molar-refractivity contribution in [2.75, 3.05) is 11.9 Å². The summed E-state index contributed by atoms with van der Waals surface area (Å²) in [5.74, 6) is -1.05. The Morgan fingerprint density at radius 1 is 1.18 bits per heavy atom. The molecule has 1 N–H and O–H groups in total. The number of rotatable bonds is 6. The minimum absolute atomic E-state index is 0.0584. The van der Waals surface area contributed by atoms with Gasteiger partial charge in [0.1, 0.15) is 5.57 Å². The van der Waals surface area contributed by atoms with Crippen molar-refractivity contribution in [3.05, 3.63) is 72.2 Å². The molecule has 0 saturated heterocycles. The van der Waals surface area contributed by atoms with Gasteiger partial charge in [-0.2, -0.15) is 0 Å². The van der Waals surface area contributed by atoms with Crippen molar-refractivity contribution in [1.29, 1.82) is 0 Å². The van der Waals surface area contributed by atoms with Crippen molar-refractivity contribution in [2.45, 2.75) is 6.92 Å². The molecule has 1 heterocycles. The lowest BCUT2D eigenvalue weighted by atomic mass is 10.0. The summed E-state index contributed by atoms with van der Waals surface area (Å²) in [5.41, 5.74) is 1.04. The molecule has 1 aromatic carbocycles. The lowest BCUT2D eigenvalue weighted by molar-refractivity contribution is -0.138. The molecule has 5 heteroatoms. The highest BCUT2D eigenvalue weighted by molar-refractivity contribution is 6.24. The van der Waals surface area contributed by atoms with Gasteiger partial charge < -0.3 is 10.1 Å². The summed E-state index contributed by atoms with van der Waals surface area (Å²) in [5, 5.41) is 2.89. The van der Waals surface area contributed by atoms with Gasteiger partial charge in [-0.1, -0.05) is 30.3 Å². The number of Topliss-reactive ketones (excluding diaryl/α,β-unsaturated/α-hetero) is 1. The minimum Gasteiger partial charge on any atom is -0.462 e. The van der Waals surface area contributed by atoms with Crippen LogP contribution in [0.5, 0.6) is 0 Å². The van der Waals surface area contributed by atoms with E-state index in [4.69, 9.17) is 4.74 Å². The van der Waals surface area contributed by atoms with Crippen LogP contribution in [0.4, 0.5) is 5.69 Å². The Morgan fingerprint density at radius 3 is 2.59 bits per heavy atom. The first kappa shape index (κ1) is 15.4. The molecule has 0 fully saturated rings. The molecule has 0 aliphatic heterocycles. The molecule has 0 saturated carbocycles. The maximum atomic E-state index is 12.5. The predicted octanol–water partition coefficient (Wildman–Crippen LogP) is 2.82. The molecule has 22 heavy (non-hydrogen) atoms. The zero-order chi connectivity index (χ0) is 15.8. The highest BCUT2D eigenvalue weighted by Crippen LogP contribution is 2.12. The summed E-state index contributed by atoms with van der Waals surface area (Å²) in [6.45, 7) is 1.89. The number of nitrogens with zero attached hydrogens (tertiary/aromatic N) is 1. The Bertz CT molecular complexity index is 667. The number of pyridine rings is 1. The smallest absolute Gasteiger partial charge is 0.343 e. The van der Waals surface area contributed by atoms with Crippen LogP contribution in [-0.4, -0.2) is 23.3 Å². The number of carbonyl (C=O) groups excluding carboxylic acids is 2. The van der Waals surface area contributed by atoms with Crippen molar-refractivity contribution < 1.29 is 14.3 Å². The van der Waals surface area contributed by atoms with E-state index in [1.807, 2.05) is 0 Å². The summed E-state index contributed by atoms with van der Waals surface area (Å²) >= 11 is 0. The van der Waals surface area contributed by atoms with Gasteiger partial charge >= 0.3 is 5.97 Å². The largest absolute Gasteiger partial charge is 0.462 e. The van der Waals surface area contributed by atoms with E-state index in [2.05, 4.69) is 10.3 Å². The van der Waals surface area contributed by atoms with Gasteiger partial charge in [0.25, 0.3) is 0 Å². The van der Waals surface area contributed by atoms with E-state index in [0.717, 1.165) is 0 Å². The summed E-state index contributed by atoms with van der Waals surface area (Å²) in [6, 6.07) is 12.1. The number of nitrogens with one attached hydrogen (secondary N) is 1. The molecule has 0 aliphatic carbocycles. The Hall–Kier alpha value is -2.95. The van der Waals surface area contributed by atoms with E-state index in [1.54, 1.807) is 61.8 Å². The Morgan fingerprint density at radius 2 is 1.95 bits per heavy atom. The quantitative estimate of drug-likeness (QED) is 0.292. The van der Waals surface area contributed by atoms with Crippen molar-refractivity contribution >= 4 is 17.4 Å². The van der Waals surface area contributed by atoms with Gasteiger partial charge in [-0.05, 0) is 19.1 Å². The summed E-state index contributed by atoms with van der Waals surface area (Å²) < 4.78 is 4.95. The van der Waals surface area contributed by atoms with Crippen LogP contribution in [0.2, 0.25) is 0 Å². The Labute approximate surface area is 128 Å². The van der Waals surface area contributed by atoms with E-state index < -0.39 is 11.8 Å². The highest BCUT2D eigenvalue weighted by Gasteiger charge is 2.20. The Balaban J connectivity index is 2.26. The van der Waals surface area contributed by atoms with Crippen molar-refractivity contribution in [2.24, 2.45) is 0 Å². The van der Waals surface area contributed by atoms with Crippen LogP contribution in [0.1, 0.15) is 17.3 Å². The van der Waals surface area contributed by atoms with E-state index in [-0.39, 0.29) is 12.2 Å². The van der Waals surface area contributed by atoms with Crippen molar-refractivity contribution in [1.82, 2.24) is 4.98 Å². The SMILES string of the molecule is CCOC(=O)C(=CNc1cccnc1)C(=O)c1ccccc1. The molecule has 0 spiro atoms. The van der Waals surface area contributed by atoms with Gasteiger partial charge in [-0.25, -0.2) is 4.79 Å². The van der Waals surface area contributed by atoms with E-state index in [9.17, 15) is 9.59 Å². The number of hydrogen-bond donors (Lipinski definition) is 1. The fourth-order valence-corrected chi connectivity index (χ4v) is 1.77. The third kappa shape index (κ3) is 4.02. The van der Waals surface area contributed by atoms with Gasteiger partial charge in [0.2, 0.25) is 5.78 Å². The fraction of sp³-hybridized carbons (Fsp3) is 0.118. The lowest BCUT2D eigenvalue weighted by Gasteiger charge is -2.07. The molecule has 0 amide bonds. The van der Waals surface area contributed by atoms with Crippen LogP contribution in [0.25, 0.3) is 0 Å².